The molecule has 1 atom stereocenters. The van der Waals surface area contributed by atoms with Crippen LogP contribution in [0.25, 0.3) is 0 Å². The summed E-state index contributed by atoms with van der Waals surface area (Å²) in [5, 5.41) is 0. The summed E-state index contributed by atoms with van der Waals surface area (Å²) in [5.74, 6) is -0.0290. The Hall–Kier alpha value is -2.06. The van der Waals surface area contributed by atoms with Gasteiger partial charge in [-0.2, -0.15) is 0 Å². The van der Waals surface area contributed by atoms with Gasteiger partial charge in [0.1, 0.15) is 5.60 Å². The number of nitrogens with zero attached hydrogens (tertiary/aromatic N) is 2. The number of piperazine rings is 1. The van der Waals surface area contributed by atoms with Crippen LogP contribution in [-0.4, -0.2) is 71.4 Å². The molecule has 0 aliphatic carbocycles. The summed E-state index contributed by atoms with van der Waals surface area (Å²) in [5.41, 5.74) is 1.07. The highest BCUT2D eigenvalue weighted by Gasteiger charge is 2.51. The molecule has 2 heterocycles. The SMILES string of the molecule is Cc1cc(B2OC(C)(C)C(C)(C)O2)ccc1C(=O)N1CCN(C(=O)OC(C)(C)C)[C@H](C)C1. The van der Waals surface area contributed by atoms with E-state index in [1.165, 1.54) is 0 Å². The zero-order valence-corrected chi connectivity index (χ0v) is 20.9. The number of carbonyl (C=O) groups is 2. The summed E-state index contributed by atoms with van der Waals surface area (Å²) in [4.78, 5) is 29.2. The number of hydrogen-bond acceptors (Lipinski definition) is 5. The van der Waals surface area contributed by atoms with E-state index in [0.29, 0.717) is 25.2 Å². The van der Waals surface area contributed by atoms with Crippen molar-refractivity contribution in [2.75, 3.05) is 19.6 Å². The maximum absolute atomic E-state index is 13.2. The molecule has 2 amide bonds. The fourth-order valence-corrected chi connectivity index (χ4v) is 3.96. The van der Waals surface area contributed by atoms with Crippen LogP contribution >= 0.6 is 0 Å². The minimum Gasteiger partial charge on any atom is -0.444 e. The molecule has 32 heavy (non-hydrogen) atoms. The van der Waals surface area contributed by atoms with Gasteiger partial charge in [0.05, 0.1) is 11.2 Å². The van der Waals surface area contributed by atoms with Crippen LogP contribution in [0, 0.1) is 6.92 Å². The lowest BCUT2D eigenvalue weighted by atomic mass is 9.77. The van der Waals surface area contributed by atoms with Crippen LogP contribution in [-0.2, 0) is 14.0 Å². The minimum absolute atomic E-state index is 0.0290. The topological polar surface area (TPSA) is 68.3 Å². The molecule has 7 nitrogen and oxygen atoms in total. The van der Waals surface area contributed by atoms with Gasteiger partial charge in [0.15, 0.2) is 0 Å². The first kappa shape index (κ1) is 24.6. The molecule has 0 saturated carbocycles. The number of hydrogen-bond donors (Lipinski definition) is 0. The van der Waals surface area contributed by atoms with Crippen molar-refractivity contribution in [2.24, 2.45) is 0 Å². The molecule has 0 N–H and O–H groups in total. The molecule has 3 rings (SSSR count). The number of amides is 2. The van der Waals surface area contributed by atoms with Crippen molar-refractivity contribution in [3.63, 3.8) is 0 Å². The summed E-state index contributed by atoms with van der Waals surface area (Å²) in [6.45, 7) is 18.9. The Balaban J connectivity index is 1.68. The van der Waals surface area contributed by atoms with Crippen molar-refractivity contribution < 1.29 is 23.6 Å². The van der Waals surface area contributed by atoms with E-state index in [0.717, 1.165) is 11.0 Å². The van der Waals surface area contributed by atoms with E-state index in [1.807, 2.05) is 85.4 Å². The molecular formula is C24H37BN2O5. The van der Waals surface area contributed by atoms with Gasteiger partial charge in [-0.25, -0.2) is 4.79 Å². The highest BCUT2D eigenvalue weighted by Crippen LogP contribution is 2.36. The predicted molar refractivity (Wildman–Crippen MR) is 125 cm³/mol. The summed E-state index contributed by atoms with van der Waals surface area (Å²) in [6.07, 6.45) is -0.333. The van der Waals surface area contributed by atoms with Crippen molar-refractivity contribution in [1.82, 2.24) is 9.80 Å². The number of carbonyl (C=O) groups excluding carboxylic acids is 2. The molecular weight excluding hydrogens is 407 g/mol. The Labute approximate surface area is 192 Å². The zero-order valence-electron chi connectivity index (χ0n) is 20.9. The van der Waals surface area contributed by atoms with E-state index in [2.05, 4.69) is 0 Å². The average Bonchev–Trinajstić information content (AvgIpc) is 2.87. The number of aryl methyl sites for hydroxylation is 1. The molecule has 8 heteroatoms. The summed E-state index contributed by atoms with van der Waals surface area (Å²) in [7, 11) is -0.458. The van der Waals surface area contributed by atoms with Crippen LogP contribution in [0.3, 0.4) is 0 Å². The van der Waals surface area contributed by atoms with E-state index in [9.17, 15) is 9.59 Å². The summed E-state index contributed by atoms with van der Waals surface area (Å²) in [6, 6.07) is 5.61. The van der Waals surface area contributed by atoms with Crippen molar-refractivity contribution in [3.05, 3.63) is 29.3 Å². The van der Waals surface area contributed by atoms with Crippen molar-refractivity contribution >= 4 is 24.6 Å². The van der Waals surface area contributed by atoms with Gasteiger partial charge < -0.3 is 23.8 Å². The van der Waals surface area contributed by atoms with Crippen LogP contribution in [0.2, 0.25) is 0 Å². The van der Waals surface area contributed by atoms with E-state index >= 15 is 0 Å². The molecule has 2 saturated heterocycles. The molecule has 1 aromatic carbocycles. The van der Waals surface area contributed by atoms with E-state index in [-0.39, 0.29) is 18.0 Å². The summed E-state index contributed by atoms with van der Waals surface area (Å²) >= 11 is 0. The van der Waals surface area contributed by atoms with Crippen molar-refractivity contribution in [3.8, 4) is 0 Å². The maximum atomic E-state index is 13.2. The van der Waals surface area contributed by atoms with Gasteiger partial charge in [-0.15, -0.1) is 0 Å². The van der Waals surface area contributed by atoms with E-state index in [1.54, 1.807) is 4.90 Å². The molecule has 0 bridgehead atoms. The van der Waals surface area contributed by atoms with Crippen molar-refractivity contribution in [2.45, 2.75) is 85.2 Å². The van der Waals surface area contributed by atoms with E-state index < -0.39 is 23.9 Å². The Kier molecular flexibility index (Phi) is 6.44. The Bertz CT molecular complexity index is 877. The Morgan fingerprint density at radius 3 is 2.19 bits per heavy atom. The van der Waals surface area contributed by atoms with Crippen LogP contribution < -0.4 is 5.46 Å². The molecule has 0 unspecified atom stereocenters. The summed E-state index contributed by atoms with van der Waals surface area (Å²) < 4.78 is 17.8. The van der Waals surface area contributed by atoms with E-state index in [4.69, 9.17) is 14.0 Å². The lowest BCUT2D eigenvalue weighted by molar-refractivity contribution is 0.00197. The standard InChI is InChI=1S/C24H37BN2O5/c1-16-14-18(25-31-23(6,7)24(8,9)32-25)10-11-19(16)20(28)26-12-13-27(17(2)15-26)21(29)30-22(3,4)5/h10-11,14,17H,12-13,15H2,1-9H3/t17-/m1/s1. The largest absolute Gasteiger partial charge is 0.494 e. The van der Waals surface area contributed by atoms with Gasteiger partial charge in [-0.05, 0) is 79.4 Å². The smallest absolute Gasteiger partial charge is 0.444 e. The predicted octanol–water partition coefficient (Wildman–Crippen LogP) is 3.38. The van der Waals surface area contributed by atoms with Gasteiger partial charge in [0.25, 0.3) is 5.91 Å². The molecule has 0 spiro atoms. The Morgan fingerprint density at radius 2 is 1.69 bits per heavy atom. The van der Waals surface area contributed by atoms with Crippen molar-refractivity contribution in [1.29, 1.82) is 0 Å². The highest BCUT2D eigenvalue weighted by molar-refractivity contribution is 6.62. The van der Waals surface area contributed by atoms with Gasteiger partial charge in [-0.1, -0.05) is 12.1 Å². The van der Waals surface area contributed by atoms with Crippen LogP contribution in [0.1, 0.15) is 71.3 Å². The number of ether oxygens (including phenoxy) is 1. The lowest BCUT2D eigenvalue weighted by Gasteiger charge is -2.40. The molecule has 0 radical (unpaired) electrons. The minimum atomic E-state index is -0.542. The highest BCUT2D eigenvalue weighted by atomic mass is 16.7. The van der Waals surface area contributed by atoms with Gasteiger partial charge in [-0.3, -0.25) is 4.79 Å². The first-order chi connectivity index (χ1) is 14.6. The first-order valence-corrected chi connectivity index (χ1v) is 11.4. The third-order valence-electron chi connectivity index (χ3n) is 6.55. The van der Waals surface area contributed by atoms with Crippen LogP contribution in [0.5, 0.6) is 0 Å². The van der Waals surface area contributed by atoms with Crippen LogP contribution in [0.4, 0.5) is 4.79 Å². The normalized spacial score (nSPS) is 22.8. The monoisotopic (exact) mass is 444 g/mol. The fourth-order valence-electron chi connectivity index (χ4n) is 3.96. The molecule has 0 aromatic heterocycles. The molecule has 176 valence electrons. The van der Waals surface area contributed by atoms with Gasteiger partial charge >= 0.3 is 13.2 Å². The zero-order chi connectivity index (χ0) is 24.1. The molecule has 2 fully saturated rings. The number of rotatable bonds is 2. The lowest BCUT2D eigenvalue weighted by Crippen LogP contribution is -2.56. The first-order valence-electron chi connectivity index (χ1n) is 11.4. The molecule has 1 aromatic rings. The third kappa shape index (κ3) is 4.96. The average molecular weight is 444 g/mol. The van der Waals surface area contributed by atoms with Gasteiger partial charge in [0.2, 0.25) is 0 Å². The Morgan fingerprint density at radius 1 is 1.09 bits per heavy atom. The maximum Gasteiger partial charge on any atom is 0.494 e. The van der Waals surface area contributed by atoms with Gasteiger partial charge in [0, 0.05) is 31.2 Å². The second-order valence-corrected chi connectivity index (χ2v) is 10.9. The second-order valence-electron chi connectivity index (χ2n) is 10.9. The second kappa shape index (κ2) is 8.38. The van der Waals surface area contributed by atoms with Crippen LogP contribution in [0.15, 0.2) is 18.2 Å². The molecule has 2 aliphatic rings. The number of benzene rings is 1. The quantitative estimate of drug-likeness (QED) is 0.655. The fraction of sp³-hybridized carbons (Fsp3) is 0.667. The third-order valence-corrected chi connectivity index (χ3v) is 6.55. The molecule has 2 aliphatic heterocycles.